The van der Waals surface area contributed by atoms with Crippen molar-refractivity contribution in [3.8, 4) is 0 Å². The molecule has 0 aromatic heterocycles. The van der Waals surface area contributed by atoms with Gasteiger partial charge in [0, 0.05) is 22.6 Å². The summed E-state index contributed by atoms with van der Waals surface area (Å²) in [6.45, 7) is 6.44. The second-order valence-corrected chi connectivity index (χ2v) is 4.65. The zero-order chi connectivity index (χ0) is 10.7. The van der Waals surface area contributed by atoms with Crippen molar-refractivity contribution in [1.29, 1.82) is 0 Å². The van der Waals surface area contributed by atoms with Crippen molar-refractivity contribution in [2.45, 2.75) is 33.4 Å². The van der Waals surface area contributed by atoms with E-state index in [0.717, 1.165) is 4.47 Å². The molecular formula is C11H15BrFN. The summed E-state index contributed by atoms with van der Waals surface area (Å²) in [5.41, 5.74) is 1.39. The molecule has 0 amide bonds. The van der Waals surface area contributed by atoms with Crippen LogP contribution in [0.3, 0.4) is 0 Å². The molecule has 0 bridgehead atoms. The van der Waals surface area contributed by atoms with Crippen molar-refractivity contribution in [2.24, 2.45) is 0 Å². The monoisotopic (exact) mass is 259 g/mol. The highest BCUT2D eigenvalue weighted by Gasteiger charge is 2.06. The van der Waals surface area contributed by atoms with E-state index in [4.69, 9.17) is 0 Å². The molecular weight excluding hydrogens is 245 g/mol. The third kappa shape index (κ3) is 3.07. The van der Waals surface area contributed by atoms with E-state index in [1.54, 1.807) is 13.0 Å². The zero-order valence-corrected chi connectivity index (χ0v) is 10.3. The second kappa shape index (κ2) is 4.89. The van der Waals surface area contributed by atoms with Crippen LogP contribution in [0.2, 0.25) is 0 Å². The fourth-order valence-electron chi connectivity index (χ4n) is 1.24. The van der Waals surface area contributed by atoms with Crippen LogP contribution >= 0.6 is 15.9 Å². The molecule has 0 heterocycles. The van der Waals surface area contributed by atoms with Crippen LogP contribution in [0, 0.1) is 12.7 Å². The Morgan fingerprint density at radius 2 is 2.07 bits per heavy atom. The zero-order valence-electron chi connectivity index (χ0n) is 8.70. The Kier molecular flexibility index (Phi) is 4.08. The van der Waals surface area contributed by atoms with E-state index in [9.17, 15) is 4.39 Å². The van der Waals surface area contributed by atoms with Crippen molar-refractivity contribution >= 4 is 15.9 Å². The number of benzene rings is 1. The van der Waals surface area contributed by atoms with Crippen molar-refractivity contribution in [3.05, 3.63) is 33.5 Å². The molecule has 1 nitrogen and oxygen atoms in total. The summed E-state index contributed by atoms with van der Waals surface area (Å²) < 4.78 is 14.5. The van der Waals surface area contributed by atoms with Gasteiger partial charge in [-0.05, 0) is 24.6 Å². The average molecular weight is 260 g/mol. The lowest BCUT2D eigenvalue weighted by Gasteiger charge is -2.10. The summed E-state index contributed by atoms with van der Waals surface area (Å²) >= 11 is 3.36. The van der Waals surface area contributed by atoms with Gasteiger partial charge >= 0.3 is 0 Å². The van der Waals surface area contributed by atoms with E-state index in [-0.39, 0.29) is 5.82 Å². The molecule has 0 spiro atoms. The summed E-state index contributed by atoms with van der Waals surface area (Å²) in [6, 6.07) is 3.97. The highest BCUT2D eigenvalue weighted by molar-refractivity contribution is 9.10. The second-order valence-electron chi connectivity index (χ2n) is 3.73. The van der Waals surface area contributed by atoms with Gasteiger partial charge in [0.05, 0.1) is 0 Å². The average Bonchev–Trinajstić information content (AvgIpc) is 2.08. The maximum absolute atomic E-state index is 13.6. The maximum atomic E-state index is 13.6. The minimum Gasteiger partial charge on any atom is -0.310 e. The van der Waals surface area contributed by atoms with Crippen LogP contribution in [-0.4, -0.2) is 6.04 Å². The lowest BCUT2D eigenvalue weighted by Crippen LogP contribution is -2.22. The third-order valence-electron chi connectivity index (χ3n) is 2.00. The van der Waals surface area contributed by atoms with Gasteiger partial charge in [-0.3, -0.25) is 0 Å². The first-order valence-corrected chi connectivity index (χ1v) is 5.48. The minimum atomic E-state index is -0.110. The molecule has 0 aliphatic carbocycles. The van der Waals surface area contributed by atoms with E-state index < -0.39 is 0 Å². The Balaban J connectivity index is 2.85. The van der Waals surface area contributed by atoms with Crippen LogP contribution in [0.25, 0.3) is 0 Å². The predicted octanol–water partition coefficient (Wildman–Crippen LogP) is 3.39. The molecule has 1 aromatic rings. The summed E-state index contributed by atoms with van der Waals surface area (Å²) in [5, 5.41) is 3.20. The van der Waals surface area contributed by atoms with Gasteiger partial charge < -0.3 is 5.32 Å². The highest BCUT2D eigenvalue weighted by Crippen LogP contribution is 2.19. The first-order chi connectivity index (χ1) is 6.50. The topological polar surface area (TPSA) is 12.0 Å². The standard InChI is InChI=1S/C11H15BrFN/c1-7(2)14-6-9-5-10(12)4-8(3)11(9)13/h4-5,7,14H,6H2,1-3H3. The third-order valence-corrected chi connectivity index (χ3v) is 2.45. The number of hydrogen-bond donors (Lipinski definition) is 1. The van der Waals surface area contributed by atoms with Crippen molar-refractivity contribution in [3.63, 3.8) is 0 Å². The van der Waals surface area contributed by atoms with Crippen LogP contribution in [0.1, 0.15) is 25.0 Å². The fourth-order valence-corrected chi connectivity index (χ4v) is 1.86. The SMILES string of the molecule is Cc1cc(Br)cc(CNC(C)C)c1F. The van der Waals surface area contributed by atoms with E-state index >= 15 is 0 Å². The number of nitrogens with one attached hydrogen (secondary N) is 1. The summed E-state index contributed by atoms with van der Waals surface area (Å²) in [5.74, 6) is -0.110. The molecule has 0 aliphatic rings. The lowest BCUT2D eigenvalue weighted by molar-refractivity contribution is 0.549. The molecule has 0 aliphatic heterocycles. The molecule has 0 saturated heterocycles. The van der Waals surface area contributed by atoms with Gasteiger partial charge in [0.1, 0.15) is 5.82 Å². The highest BCUT2D eigenvalue weighted by atomic mass is 79.9. The quantitative estimate of drug-likeness (QED) is 0.878. The summed E-state index contributed by atoms with van der Waals surface area (Å²) in [6.07, 6.45) is 0. The van der Waals surface area contributed by atoms with Crippen LogP contribution in [0.4, 0.5) is 4.39 Å². The van der Waals surface area contributed by atoms with Crippen molar-refractivity contribution < 1.29 is 4.39 Å². The maximum Gasteiger partial charge on any atom is 0.130 e. The Hall–Kier alpha value is -0.410. The molecule has 0 unspecified atom stereocenters. The van der Waals surface area contributed by atoms with Crippen molar-refractivity contribution in [2.75, 3.05) is 0 Å². The summed E-state index contributed by atoms with van der Waals surface area (Å²) in [4.78, 5) is 0. The molecule has 78 valence electrons. The molecule has 1 N–H and O–H groups in total. The van der Waals surface area contributed by atoms with E-state index in [1.165, 1.54) is 0 Å². The van der Waals surface area contributed by atoms with Crippen LogP contribution in [0.5, 0.6) is 0 Å². The molecule has 1 rings (SSSR count). The van der Waals surface area contributed by atoms with Crippen molar-refractivity contribution in [1.82, 2.24) is 5.32 Å². The molecule has 0 radical (unpaired) electrons. The number of hydrogen-bond acceptors (Lipinski definition) is 1. The van der Waals surface area contributed by atoms with Gasteiger partial charge in [0.15, 0.2) is 0 Å². The smallest absolute Gasteiger partial charge is 0.130 e. The van der Waals surface area contributed by atoms with E-state index in [2.05, 4.69) is 21.2 Å². The van der Waals surface area contributed by atoms with Gasteiger partial charge in [0.2, 0.25) is 0 Å². The molecule has 1 aromatic carbocycles. The van der Waals surface area contributed by atoms with Gasteiger partial charge in [-0.1, -0.05) is 29.8 Å². The first kappa shape index (κ1) is 11.7. The van der Waals surface area contributed by atoms with E-state index in [0.29, 0.717) is 23.7 Å². The predicted molar refractivity (Wildman–Crippen MR) is 60.8 cm³/mol. The Morgan fingerprint density at radius 3 is 2.64 bits per heavy atom. The van der Waals surface area contributed by atoms with E-state index in [1.807, 2.05) is 19.9 Å². The first-order valence-electron chi connectivity index (χ1n) is 4.68. The van der Waals surface area contributed by atoms with Crippen LogP contribution in [0.15, 0.2) is 16.6 Å². The number of halogens is 2. The molecule has 14 heavy (non-hydrogen) atoms. The molecule has 0 atom stereocenters. The normalized spacial score (nSPS) is 11.0. The van der Waals surface area contributed by atoms with Crippen LogP contribution in [-0.2, 0) is 6.54 Å². The number of rotatable bonds is 3. The summed E-state index contributed by atoms with van der Waals surface area (Å²) in [7, 11) is 0. The Bertz CT molecular complexity index is 323. The lowest BCUT2D eigenvalue weighted by atomic mass is 10.1. The Labute approximate surface area is 92.8 Å². The fraction of sp³-hybridized carbons (Fsp3) is 0.455. The van der Waals surface area contributed by atoms with Gasteiger partial charge in [-0.15, -0.1) is 0 Å². The van der Waals surface area contributed by atoms with Gasteiger partial charge in [0.25, 0.3) is 0 Å². The van der Waals surface area contributed by atoms with Crippen LogP contribution < -0.4 is 5.32 Å². The van der Waals surface area contributed by atoms with Gasteiger partial charge in [-0.25, -0.2) is 4.39 Å². The number of aryl methyl sites for hydroxylation is 1. The Morgan fingerprint density at radius 1 is 1.43 bits per heavy atom. The minimum absolute atomic E-state index is 0.110. The molecule has 3 heteroatoms. The molecule has 0 saturated carbocycles. The largest absolute Gasteiger partial charge is 0.310 e. The van der Waals surface area contributed by atoms with Gasteiger partial charge in [-0.2, -0.15) is 0 Å². The molecule has 0 fully saturated rings.